The van der Waals surface area contributed by atoms with Crippen LogP contribution in [-0.2, 0) is 10.2 Å². The summed E-state index contributed by atoms with van der Waals surface area (Å²) >= 11 is 0. The lowest BCUT2D eigenvalue weighted by molar-refractivity contribution is -0.130. The summed E-state index contributed by atoms with van der Waals surface area (Å²) in [4.78, 5) is 13.5. The molecular formula is C20H32N2O. The Bertz CT molecular complexity index is 530. The molecule has 1 aliphatic rings. The van der Waals surface area contributed by atoms with Crippen LogP contribution in [-0.4, -0.2) is 29.9 Å². The summed E-state index contributed by atoms with van der Waals surface area (Å²) in [7, 11) is 0. The minimum atomic E-state index is 0.195. The van der Waals surface area contributed by atoms with E-state index in [1.807, 2.05) is 4.90 Å². The first-order valence-corrected chi connectivity index (χ1v) is 8.80. The summed E-state index contributed by atoms with van der Waals surface area (Å²) in [5.74, 6) is 0.685. The number of carbonyl (C=O) groups excluding carboxylic acids is 1. The number of benzene rings is 1. The summed E-state index contributed by atoms with van der Waals surface area (Å²) in [5.41, 5.74) is 2.90. The van der Waals surface area contributed by atoms with Crippen molar-refractivity contribution in [1.82, 2.24) is 10.2 Å². The first-order valence-electron chi connectivity index (χ1n) is 8.80. The van der Waals surface area contributed by atoms with Gasteiger partial charge < -0.3 is 10.2 Å². The maximum atomic E-state index is 11.5. The van der Waals surface area contributed by atoms with Crippen molar-refractivity contribution in [3.8, 4) is 0 Å². The SMILES string of the molecule is CC(=O)N1CC[C@H](N[C@@H](C)c2ccc(C(C)(C)C)cc2)[C@@H](C)C1. The molecule has 1 heterocycles. The van der Waals surface area contributed by atoms with Crippen molar-refractivity contribution in [2.75, 3.05) is 13.1 Å². The molecule has 0 bridgehead atoms. The van der Waals surface area contributed by atoms with Gasteiger partial charge in [-0.3, -0.25) is 4.79 Å². The van der Waals surface area contributed by atoms with Gasteiger partial charge in [0.1, 0.15) is 0 Å². The van der Waals surface area contributed by atoms with E-state index in [9.17, 15) is 4.79 Å². The lowest BCUT2D eigenvalue weighted by Crippen LogP contribution is -2.50. The van der Waals surface area contributed by atoms with E-state index in [4.69, 9.17) is 0 Å². The average molecular weight is 316 g/mol. The van der Waals surface area contributed by atoms with Crippen LogP contribution in [0.5, 0.6) is 0 Å². The smallest absolute Gasteiger partial charge is 0.219 e. The van der Waals surface area contributed by atoms with Crippen LogP contribution < -0.4 is 5.32 Å². The summed E-state index contributed by atoms with van der Waals surface area (Å²) in [6.07, 6.45) is 1.03. The van der Waals surface area contributed by atoms with Crippen molar-refractivity contribution < 1.29 is 4.79 Å². The van der Waals surface area contributed by atoms with Crippen LogP contribution in [0.3, 0.4) is 0 Å². The normalized spacial score (nSPS) is 23.7. The molecule has 0 saturated carbocycles. The van der Waals surface area contributed by atoms with E-state index in [1.54, 1.807) is 6.92 Å². The predicted molar refractivity (Wildman–Crippen MR) is 96.5 cm³/mol. The van der Waals surface area contributed by atoms with E-state index in [0.717, 1.165) is 19.5 Å². The highest BCUT2D eigenvalue weighted by atomic mass is 16.2. The van der Waals surface area contributed by atoms with Crippen LogP contribution in [0, 0.1) is 5.92 Å². The molecule has 0 unspecified atom stereocenters. The van der Waals surface area contributed by atoms with Crippen LogP contribution in [0.15, 0.2) is 24.3 Å². The van der Waals surface area contributed by atoms with Gasteiger partial charge in [0.2, 0.25) is 5.91 Å². The largest absolute Gasteiger partial charge is 0.343 e. The zero-order chi connectivity index (χ0) is 17.2. The first-order chi connectivity index (χ1) is 10.7. The van der Waals surface area contributed by atoms with E-state index >= 15 is 0 Å². The molecule has 0 radical (unpaired) electrons. The molecule has 128 valence electrons. The molecule has 3 nitrogen and oxygen atoms in total. The number of piperidine rings is 1. The first kappa shape index (κ1) is 18.0. The molecule has 1 aliphatic heterocycles. The lowest BCUT2D eigenvalue weighted by atomic mass is 9.86. The molecule has 23 heavy (non-hydrogen) atoms. The number of nitrogens with zero attached hydrogens (tertiary/aromatic N) is 1. The minimum Gasteiger partial charge on any atom is -0.343 e. The van der Waals surface area contributed by atoms with E-state index in [0.29, 0.717) is 18.0 Å². The van der Waals surface area contributed by atoms with Crippen molar-refractivity contribution in [2.24, 2.45) is 5.92 Å². The second-order valence-electron chi connectivity index (χ2n) is 8.10. The highest BCUT2D eigenvalue weighted by Crippen LogP contribution is 2.25. The summed E-state index contributed by atoms with van der Waals surface area (Å²) in [5, 5.41) is 3.76. The molecule has 1 aromatic rings. The molecule has 1 amide bonds. The number of nitrogens with one attached hydrogen (secondary N) is 1. The molecule has 0 aromatic heterocycles. The standard InChI is InChI=1S/C20H32N2O/c1-14-13-22(16(3)23)12-11-19(14)21-15(2)17-7-9-18(10-8-17)20(4,5)6/h7-10,14-15,19,21H,11-13H2,1-6H3/t14-,15-,19-/m0/s1. The number of hydrogen-bond donors (Lipinski definition) is 1. The van der Waals surface area contributed by atoms with Gasteiger partial charge >= 0.3 is 0 Å². The quantitative estimate of drug-likeness (QED) is 0.917. The number of hydrogen-bond acceptors (Lipinski definition) is 2. The molecular weight excluding hydrogens is 284 g/mol. The molecule has 0 spiro atoms. The van der Waals surface area contributed by atoms with Gasteiger partial charge in [-0.1, -0.05) is 52.0 Å². The summed E-state index contributed by atoms with van der Waals surface area (Å²) < 4.78 is 0. The number of amides is 1. The monoisotopic (exact) mass is 316 g/mol. The second-order valence-corrected chi connectivity index (χ2v) is 8.10. The Morgan fingerprint density at radius 2 is 1.87 bits per heavy atom. The van der Waals surface area contributed by atoms with Gasteiger partial charge in [0.15, 0.2) is 0 Å². The van der Waals surface area contributed by atoms with Crippen LogP contribution in [0.2, 0.25) is 0 Å². The minimum absolute atomic E-state index is 0.195. The van der Waals surface area contributed by atoms with Gasteiger partial charge in [-0.05, 0) is 35.8 Å². The van der Waals surface area contributed by atoms with Crippen molar-refractivity contribution in [2.45, 2.75) is 65.5 Å². The van der Waals surface area contributed by atoms with Crippen molar-refractivity contribution in [3.63, 3.8) is 0 Å². The average Bonchev–Trinajstić information content (AvgIpc) is 2.48. The maximum absolute atomic E-state index is 11.5. The molecule has 0 aliphatic carbocycles. The van der Waals surface area contributed by atoms with Gasteiger partial charge in [-0.15, -0.1) is 0 Å². The predicted octanol–water partition coefficient (Wildman–Crippen LogP) is 3.89. The zero-order valence-electron chi connectivity index (χ0n) is 15.5. The number of rotatable bonds is 3. The van der Waals surface area contributed by atoms with Crippen molar-refractivity contribution in [3.05, 3.63) is 35.4 Å². The third-order valence-electron chi connectivity index (χ3n) is 5.09. The van der Waals surface area contributed by atoms with E-state index in [2.05, 4.69) is 64.2 Å². The van der Waals surface area contributed by atoms with Gasteiger partial charge in [0, 0.05) is 32.1 Å². The maximum Gasteiger partial charge on any atom is 0.219 e. The second kappa shape index (κ2) is 7.04. The van der Waals surface area contributed by atoms with E-state index in [-0.39, 0.29) is 11.3 Å². The molecule has 1 N–H and O–H groups in total. The Hall–Kier alpha value is -1.35. The summed E-state index contributed by atoms with van der Waals surface area (Å²) in [6.45, 7) is 14.6. The molecule has 1 fully saturated rings. The topological polar surface area (TPSA) is 32.3 Å². The van der Waals surface area contributed by atoms with E-state index in [1.165, 1.54) is 11.1 Å². The van der Waals surface area contributed by atoms with Crippen LogP contribution in [0.1, 0.15) is 65.1 Å². The fourth-order valence-electron chi connectivity index (χ4n) is 3.37. The fourth-order valence-corrected chi connectivity index (χ4v) is 3.37. The third-order valence-corrected chi connectivity index (χ3v) is 5.09. The highest BCUT2D eigenvalue weighted by Gasteiger charge is 2.28. The van der Waals surface area contributed by atoms with Gasteiger partial charge in [0.25, 0.3) is 0 Å². The van der Waals surface area contributed by atoms with Crippen LogP contribution in [0.25, 0.3) is 0 Å². The Labute approximate surface area is 141 Å². The van der Waals surface area contributed by atoms with Crippen LogP contribution >= 0.6 is 0 Å². The Morgan fingerprint density at radius 3 is 2.35 bits per heavy atom. The highest BCUT2D eigenvalue weighted by molar-refractivity contribution is 5.73. The Balaban J connectivity index is 1.97. The fraction of sp³-hybridized carbons (Fsp3) is 0.650. The van der Waals surface area contributed by atoms with Crippen molar-refractivity contribution in [1.29, 1.82) is 0 Å². The van der Waals surface area contributed by atoms with Crippen molar-refractivity contribution >= 4 is 5.91 Å². The molecule has 2 rings (SSSR count). The molecule has 1 aromatic carbocycles. The summed E-state index contributed by atoms with van der Waals surface area (Å²) in [6, 6.07) is 9.79. The van der Waals surface area contributed by atoms with Gasteiger partial charge in [-0.2, -0.15) is 0 Å². The lowest BCUT2D eigenvalue weighted by Gasteiger charge is -2.38. The molecule has 1 saturated heterocycles. The zero-order valence-corrected chi connectivity index (χ0v) is 15.5. The molecule has 3 heteroatoms. The number of likely N-dealkylation sites (tertiary alicyclic amines) is 1. The Kier molecular flexibility index (Phi) is 5.51. The van der Waals surface area contributed by atoms with Gasteiger partial charge in [0.05, 0.1) is 0 Å². The van der Waals surface area contributed by atoms with Crippen LogP contribution in [0.4, 0.5) is 0 Å². The third kappa shape index (κ3) is 4.57. The molecule has 3 atom stereocenters. The Morgan fingerprint density at radius 1 is 1.26 bits per heavy atom. The van der Waals surface area contributed by atoms with E-state index < -0.39 is 0 Å². The number of carbonyl (C=O) groups is 1. The van der Waals surface area contributed by atoms with Gasteiger partial charge in [-0.25, -0.2) is 0 Å².